The third-order valence-electron chi connectivity index (χ3n) is 3.42. The Balaban J connectivity index is 1.76. The van der Waals surface area contributed by atoms with Gasteiger partial charge in [-0.3, -0.25) is 0 Å². The highest BCUT2D eigenvalue weighted by atomic mass is 16.5. The molecule has 1 aliphatic heterocycles. The van der Waals surface area contributed by atoms with Crippen molar-refractivity contribution in [2.75, 3.05) is 6.61 Å². The van der Waals surface area contributed by atoms with Gasteiger partial charge in [0.15, 0.2) is 0 Å². The first-order valence-corrected chi connectivity index (χ1v) is 6.98. The monoisotopic (exact) mass is 265 g/mol. The Kier molecular flexibility index (Phi) is 3.31. The van der Waals surface area contributed by atoms with Gasteiger partial charge in [-0.2, -0.15) is 0 Å². The van der Waals surface area contributed by atoms with Crippen molar-refractivity contribution in [2.45, 2.75) is 25.8 Å². The Morgan fingerprint density at radius 2 is 1.60 bits per heavy atom. The van der Waals surface area contributed by atoms with Crippen LogP contribution in [0.25, 0.3) is 0 Å². The summed E-state index contributed by atoms with van der Waals surface area (Å²) in [5, 5.41) is 0. The molecule has 0 atom stereocenters. The molecule has 0 unspecified atom stereocenters. The third-order valence-corrected chi connectivity index (χ3v) is 3.42. The van der Waals surface area contributed by atoms with E-state index < -0.39 is 0 Å². The molecule has 0 aliphatic carbocycles. The molecule has 0 saturated carbocycles. The summed E-state index contributed by atoms with van der Waals surface area (Å²) < 4.78 is 5.66. The molecule has 0 N–H and O–H groups in total. The van der Waals surface area contributed by atoms with E-state index >= 15 is 0 Å². The molecule has 20 heavy (non-hydrogen) atoms. The number of hydrogen-bond donors (Lipinski definition) is 0. The van der Waals surface area contributed by atoms with Crippen molar-refractivity contribution in [3.8, 4) is 0 Å². The van der Waals surface area contributed by atoms with E-state index in [-0.39, 0.29) is 5.54 Å². The zero-order valence-corrected chi connectivity index (χ0v) is 12.0. The molecule has 0 bridgehead atoms. The average molecular weight is 265 g/mol. The summed E-state index contributed by atoms with van der Waals surface area (Å²) in [6.45, 7) is 4.83. The molecule has 0 amide bonds. The summed E-state index contributed by atoms with van der Waals surface area (Å²) >= 11 is 0. The number of benzene rings is 2. The molecule has 0 fully saturated rings. The molecule has 2 heteroatoms. The lowest BCUT2D eigenvalue weighted by Crippen LogP contribution is -2.17. The zero-order valence-electron chi connectivity index (χ0n) is 12.0. The summed E-state index contributed by atoms with van der Waals surface area (Å²) in [5.74, 6) is 0.765. The molecule has 3 rings (SSSR count). The highest BCUT2D eigenvalue weighted by molar-refractivity contribution is 5.95. The van der Waals surface area contributed by atoms with Gasteiger partial charge in [0.2, 0.25) is 5.90 Å². The van der Waals surface area contributed by atoms with Gasteiger partial charge in [0.25, 0.3) is 0 Å². The average Bonchev–Trinajstić information content (AvgIpc) is 2.81. The molecular formula is C18H19NO. The van der Waals surface area contributed by atoms with Crippen LogP contribution in [0, 0.1) is 0 Å². The Morgan fingerprint density at radius 3 is 2.20 bits per heavy atom. The van der Waals surface area contributed by atoms with Crippen LogP contribution in [0.3, 0.4) is 0 Å². The minimum absolute atomic E-state index is 0.0992. The maximum absolute atomic E-state index is 5.66. The van der Waals surface area contributed by atoms with Crippen molar-refractivity contribution in [1.82, 2.24) is 0 Å². The van der Waals surface area contributed by atoms with Crippen LogP contribution in [0.15, 0.2) is 59.6 Å². The quantitative estimate of drug-likeness (QED) is 0.826. The van der Waals surface area contributed by atoms with Crippen molar-refractivity contribution >= 4 is 5.90 Å². The second-order valence-corrected chi connectivity index (χ2v) is 5.88. The number of ether oxygens (including phenoxy) is 1. The van der Waals surface area contributed by atoms with E-state index in [4.69, 9.17) is 4.74 Å². The molecule has 2 aromatic carbocycles. The van der Waals surface area contributed by atoms with Crippen LogP contribution in [-0.2, 0) is 11.2 Å². The normalized spacial score (nSPS) is 16.6. The summed E-state index contributed by atoms with van der Waals surface area (Å²) in [7, 11) is 0. The highest BCUT2D eigenvalue weighted by Gasteiger charge is 2.26. The van der Waals surface area contributed by atoms with E-state index in [2.05, 4.69) is 67.4 Å². The lowest BCUT2D eigenvalue weighted by atomic mass is 10.0. The van der Waals surface area contributed by atoms with Crippen LogP contribution in [-0.4, -0.2) is 18.0 Å². The largest absolute Gasteiger partial charge is 0.475 e. The molecule has 0 saturated heterocycles. The Morgan fingerprint density at radius 1 is 0.950 bits per heavy atom. The van der Waals surface area contributed by atoms with Gasteiger partial charge >= 0.3 is 0 Å². The van der Waals surface area contributed by atoms with E-state index in [0.29, 0.717) is 6.61 Å². The molecule has 2 nitrogen and oxygen atoms in total. The minimum atomic E-state index is -0.0992. The predicted molar refractivity (Wildman–Crippen MR) is 82.3 cm³/mol. The van der Waals surface area contributed by atoms with Gasteiger partial charge in [0.05, 0.1) is 5.54 Å². The van der Waals surface area contributed by atoms with Crippen LogP contribution >= 0.6 is 0 Å². The summed E-state index contributed by atoms with van der Waals surface area (Å²) in [6, 6.07) is 19.0. The second-order valence-electron chi connectivity index (χ2n) is 5.88. The molecule has 1 heterocycles. The maximum Gasteiger partial charge on any atom is 0.216 e. The van der Waals surface area contributed by atoms with Gasteiger partial charge in [-0.15, -0.1) is 0 Å². The fourth-order valence-electron chi connectivity index (χ4n) is 2.33. The van der Waals surface area contributed by atoms with Gasteiger partial charge in [-0.05, 0) is 43.5 Å². The molecule has 2 aromatic rings. The number of hydrogen-bond acceptors (Lipinski definition) is 2. The van der Waals surface area contributed by atoms with Crippen molar-refractivity contribution in [2.24, 2.45) is 4.99 Å². The van der Waals surface area contributed by atoms with Gasteiger partial charge in [0, 0.05) is 5.56 Å². The van der Waals surface area contributed by atoms with E-state index in [0.717, 1.165) is 17.9 Å². The summed E-state index contributed by atoms with van der Waals surface area (Å²) in [6.07, 6.45) is 0.958. The number of nitrogens with zero attached hydrogens (tertiary/aromatic N) is 1. The molecule has 0 aromatic heterocycles. The Bertz CT molecular complexity index is 612. The van der Waals surface area contributed by atoms with Crippen LogP contribution in [0.5, 0.6) is 0 Å². The topological polar surface area (TPSA) is 21.6 Å². The van der Waals surface area contributed by atoms with E-state index in [1.54, 1.807) is 0 Å². The van der Waals surface area contributed by atoms with Crippen LogP contribution < -0.4 is 0 Å². The van der Waals surface area contributed by atoms with Crippen molar-refractivity contribution in [1.29, 1.82) is 0 Å². The highest BCUT2D eigenvalue weighted by Crippen LogP contribution is 2.21. The van der Waals surface area contributed by atoms with E-state index in [1.807, 2.05) is 6.07 Å². The standard InChI is InChI=1S/C18H19NO/c1-18(2)13-20-17(19-18)16-10-8-15(9-11-16)12-14-6-4-3-5-7-14/h3-11H,12-13H2,1-2H3. The number of rotatable bonds is 3. The van der Waals surface area contributed by atoms with Gasteiger partial charge < -0.3 is 4.74 Å². The van der Waals surface area contributed by atoms with Gasteiger partial charge in [-0.1, -0.05) is 42.5 Å². The van der Waals surface area contributed by atoms with Crippen LogP contribution in [0.2, 0.25) is 0 Å². The third kappa shape index (κ3) is 2.90. The van der Waals surface area contributed by atoms with Crippen molar-refractivity contribution in [3.63, 3.8) is 0 Å². The first-order chi connectivity index (χ1) is 9.62. The lowest BCUT2D eigenvalue weighted by Gasteiger charge is -2.07. The predicted octanol–water partition coefficient (Wildman–Crippen LogP) is 3.83. The smallest absolute Gasteiger partial charge is 0.216 e. The van der Waals surface area contributed by atoms with Crippen LogP contribution in [0.4, 0.5) is 0 Å². The fourth-order valence-corrected chi connectivity index (χ4v) is 2.33. The maximum atomic E-state index is 5.66. The molecule has 1 aliphatic rings. The van der Waals surface area contributed by atoms with Gasteiger partial charge in [-0.25, -0.2) is 4.99 Å². The molecular weight excluding hydrogens is 246 g/mol. The fraction of sp³-hybridized carbons (Fsp3) is 0.278. The lowest BCUT2D eigenvalue weighted by molar-refractivity contribution is 0.279. The minimum Gasteiger partial charge on any atom is -0.475 e. The summed E-state index contributed by atoms with van der Waals surface area (Å²) in [4.78, 5) is 4.60. The van der Waals surface area contributed by atoms with Crippen molar-refractivity contribution in [3.05, 3.63) is 71.3 Å². The second kappa shape index (κ2) is 5.12. The van der Waals surface area contributed by atoms with Crippen LogP contribution in [0.1, 0.15) is 30.5 Å². The Labute approximate surface area is 120 Å². The molecule has 102 valence electrons. The zero-order chi connectivity index (χ0) is 14.0. The van der Waals surface area contributed by atoms with E-state index in [1.165, 1.54) is 11.1 Å². The molecule has 0 radical (unpaired) electrons. The summed E-state index contributed by atoms with van der Waals surface area (Å²) in [5.41, 5.74) is 3.60. The SMILES string of the molecule is CC1(C)COC(c2ccc(Cc3ccccc3)cc2)=N1. The first-order valence-electron chi connectivity index (χ1n) is 6.98. The van der Waals surface area contributed by atoms with E-state index in [9.17, 15) is 0 Å². The molecule has 0 spiro atoms. The van der Waals surface area contributed by atoms with Gasteiger partial charge in [0.1, 0.15) is 6.61 Å². The number of aliphatic imine (C=N–C) groups is 1. The first kappa shape index (κ1) is 12.9. The Hall–Kier alpha value is -2.09. The van der Waals surface area contributed by atoms with Crippen molar-refractivity contribution < 1.29 is 4.74 Å².